The molecule has 0 aliphatic carbocycles. The Morgan fingerprint density at radius 3 is 2.38 bits per heavy atom. The molecule has 0 spiro atoms. The number of nitrogens with one attached hydrogen (secondary N) is 1. The van der Waals surface area contributed by atoms with Crippen molar-refractivity contribution in [3.63, 3.8) is 0 Å². The van der Waals surface area contributed by atoms with E-state index in [0.29, 0.717) is 13.2 Å². The molecule has 2 N–H and O–H groups in total. The Morgan fingerprint density at radius 2 is 1.66 bits per heavy atom. The normalized spacial score (nSPS) is 13.3. The number of hydrogen-bond donors (Lipinski definition) is 2. The predicted molar refractivity (Wildman–Crippen MR) is 117 cm³/mol. The van der Waals surface area contributed by atoms with Gasteiger partial charge >= 0.3 is 0 Å². The van der Waals surface area contributed by atoms with Crippen molar-refractivity contribution < 1.29 is 9.84 Å². The van der Waals surface area contributed by atoms with E-state index >= 15 is 0 Å². The molecule has 3 aromatic carbocycles. The van der Waals surface area contributed by atoms with Crippen molar-refractivity contribution in [2.45, 2.75) is 18.8 Å². The quantitative estimate of drug-likeness (QED) is 0.472. The molecule has 0 saturated carbocycles. The fraction of sp³-hybridized carbons (Fsp3) is 0.200. The summed E-state index contributed by atoms with van der Waals surface area (Å²) in [7, 11) is 1.86. The topological polar surface area (TPSA) is 46.4 Å². The van der Waals surface area contributed by atoms with Gasteiger partial charge in [-0.15, -0.1) is 0 Å². The van der Waals surface area contributed by atoms with Crippen LogP contribution in [-0.2, 0) is 6.61 Å². The number of aromatic nitrogens is 1. The highest BCUT2D eigenvalue weighted by Crippen LogP contribution is 2.30. The molecule has 0 fully saturated rings. The Bertz CT molecular complexity index is 1040. The highest BCUT2D eigenvalue weighted by Gasteiger charge is 2.23. The summed E-state index contributed by atoms with van der Waals surface area (Å²) in [6, 6.07) is 28.3. The minimum atomic E-state index is -0.563. The van der Waals surface area contributed by atoms with Gasteiger partial charge in [0.05, 0.1) is 17.7 Å². The van der Waals surface area contributed by atoms with E-state index < -0.39 is 6.10 Å². The van der Waals surface area contributed by atoms with E-state index in [4.69, 9.17) is 4.74 Å². The van der Waals surface area contributed by atoms with Gasteiger partial charge in [0.15, 0.2) is 0 Å². The van der Waals surface area contributed by atoms with Gasteiger partial charge in [-0.05, 0) is 41.8 Å². The number of likely N-dealkylation sites (N-methyl/N-ethyl adjacent to an activating group) is 1. The zero-order valence-electron chi connectivity index (χ0n) is 16.5. The van der Waals surface area contributed by atoms with Crippen LogP contribution >= 0.6 is 0 Å². The van der Waals surface area contributed by atoms with Crippen LogP contribution in [0.5, 0.6) is 5.75 Å². The van der Waals surface area contributed by atoms with E-state index in [1.165, 1.54) is 0 Å². The predicted octanol–water partition coefficient (Wildman–Crippen LogP) is 4.39. The summed E-state index contributed by atoms with van der Waals surface area (Å²) in [4.78, 5) is 0. The van der Waals surface area contributed by atoms with Crippen molar-refractivity contribution in [3.05, 3.63) is 102 Å². The molecular formula is C25H26N2O2. The molecule has 1 aromatic heterocycles. The Morgan fingerprint density at radius 1 is 0.931 bits per heavy atom. The lowest BCUT2D eigenvalue weighted by Gasteiger charge is -2.26. The molecule has 0 radical (unpaired) electrons. The zero-order chi connectivity index (χ0) is 20.1. The Balaban J connectivity index is 1.68. The van der Waals surface area contributed by atoms with Crippen LogP contribution in [0.1, 0.15) is 17.2 Å². The fourth-order valence-corrected chi connectivity index (χ4v) is 3.74. The molecule has 148 valence electrons. The molecule has 0 saturated heterocycles. The monoisotopic (exact) mass is 386 g/mol. The summed E-state index contributed by atoms with van der Waals surface area (Å²) >= 11 is 0. The Hall–Kier alpha value is -3.08. The fourth-order valence-electron chi connectivity index (χ4n) is 3.74. The molecular weight excluding hydrogens is 360 g/mol. The number of aliphatic hydroxyl groups is 1. The van der Waals surface area contributed by atoms with E-state index in [2.05, 4.69) is 52.3 Å². The largest absolute Gasteiger partial charge is 0.489 e. The number of benzene rings is 3. The van der Waals surface area contributed by atoms with Gasteiger partial charge in [-0.3, -0.25) is 0 Å². The van der Waals surface area contributed by atoms with Gasteiger partial charge in [0.2, 0.25) is 0 Å². The number of hydrogen-bond acceptors (Lipinski definition) is 3. The molecule has 0 aliphatic rings. The van der Waals surface area contributed by atoms with Crippen molar-refractivity contribution in [1.82, 2.24) is 9.88 Å². The molecule has 0 aliphatic heterocycles. The molecule has 4 aromatic rings. The van der Waals surface area contributed by atoms with Crippen LogP contribution in [0.15, 0.2) is 91.1 Å². The SMILES string of the molecule is CNCC(O)C(c1ccccc1)n1ccc2ccc(OCc3ccccc3)cc21. The first-order valence-electron chi connectivity index (χ1n) is 9.91. The van der Waals surface area contributed by atoms with Gasteiger partial charge < -0.3 is 19.7 Å². The molecule has 0 bridgehead atoms. The van der Waals surface area contributed by atoms with Gasteiger partial charge in [-0.1, -0.05) is 60.7 Å². The third-order valence-corrected chi connectivity index (χ3v) is 5.16. The van der Waals surface area contributed by atoms with Crippen LogP contribution in [0, 0.1) is 0 Å². The maximum atomic E-state index is 10.9. The first-order valence-corrected chi connectivity index (χ1v) is 9.91. The highest BCUT2D eigenvalue weighted by atomic mass is 16.5. The van der Waals surface area contributed by atoms with Gasteiger partial charge in [-0.25, -0.2) is 0 Å². The number of nitrogens with zero attached hydrogens (tertiary/aromatic N) is 1. The number of rotatable bonds is 8. The van der Waals surface area contributed by atoms with Crippen molar-refractivity contribution in [2.75, 3.05) is 13.6 Å². The standard InChI is InChI=1S/C25H26N2O2/c1-26-17-24(28)25(21-10-6-3-7-11-21)27-15-14-20-12-13-22(16-23(20)27)29-18-19-8-4-2-5-9-19/h2-16,24-26,28H,17-18H2,1H3. The van der Waals surface area contributed by atoms with E-state index in [9.17, 15) is 5.11 Å². The molecule has 2 unspecified atom stereocenters. The van der Waals surface area contributed by atoms with Crippen LogP contribution < -0.4 is 10.1 Å². The summed E-state index contributed by atoms with van der Waals surface area (Å²) in [5.74, 6) is 0.816. The number of ether oxygens (including phenoxy) is 1. The summed E-state index contributed by atoms with van der Waals surface area (Å²) in [5.41, 5.74) is 3.25. The summed E-state index contributed by atoms with van der Waals surface area (Å²) in [6.07, 6.45) is 1.48. The maximum Gasteiger partial charge on any atom is 0.121 e. The van der Waals surface area contributed by atoms with Gasteiger partial charge in [-0.2, -0.15) is 0 Å². The summed E-state index contributed by atoms with van der Waals surface area (Å²) in [5, 5.41) is 15.1. The first-order chi connectivity index (χ1) is 14.3. The molecule has 4 nitrogen and oxygen atoms in total. The van der Waals surface area contributed by atoms with Crippen molar-refractivity contribution in [2.24, 2.45) is 0 Å². The molecule has 0 amide bonds. The lowest BCUT2D eigenvalue weighted by atomic mass is 10.0. The van der Waals surface area contributed by atoms with Gasteiger partial charge in [0.25, 0.3) is 0 Å². The van der Waals surface area contributed by atoms with E-state index in [1.807, 2.05) is 55.7 Å². The van der Waals surface area contributed by atoms with Crippen LogP contribution in [-0.4, -0.2) is 29.4 Å². The minimum absolute atomic E-state index is 0.189. The molecule has 4 heteroatoms. The van der Waals surface area contributed by atoms with Crippen LogP contribution in [0.3, 0.4) is 0 Å². The van der Waals surface area contributed by atoms with Crippen LogP contribution in [0.25, 0.3) is 10.9 Å². The average Bonchev–Trinajstić information content (AvgIpc) is 3.17. The second kappa shape index (κ2) is 8.95. The van der Waals surface area contributed by atoms with Crippen LogP contribution in [0.4, 0.5) is 0 Å². The third-order valence-electron chi connectivity index (χ3n) is 5.16. The molecule has 4 rings (SSSR count). The van der Waals surface area contributed by atoms with E-state index in [0.717, 1.165) is 27.8 Å². The van der Waals surface area contributed by atoms with Crippen LogP contribution in [0.2, 0.25) is 0 Å². The lowest BCUT2D eigenvalue weighted by Crippen LogP contribution is -2.33. The zero-order valence-corrected chi connectivity index (χ0v) is 16.5. The second-order valence-electron chi connectivity index (χ2n) is 7.20. The first kappa shape index (κ1) is 19.2. The van der Waals surface area contributed by atoms with Crippen molar-refractivity contribution in [1.29, 1.82) is 0 Å². The van der Waals surface area contributed by atoms with Crippen molar-refractivity contribution >= 4 is 10.9 Å². The smallest absolute Gasteiger partial charge is 0.121 e. The molecule has 1 heterocycles. The van der Waals surface area contributed by atoms with Gasteiger partial charge in [0.1, 0.15) is 12.4 Å². The van der Waals surface area contributed by atoms with E-state index in [-0.39, 0.29) is 6.04 Å². The highest BCUT2D eigenvalue weighted by molar-refractivity contribution is 5.82. The minimum Gasteiger partial charge on any atom is -0.489 e. The number of aliphatic hydroxyl groups excluding tert-OH is 1. The third kappa shape index (κ3) is 4.34. The molecule has 2 atom stereocenters. The number of fused-ring (bicyclic) bond motifs is 1. The maximum absolute atomic E-state index is 10.9. The Kier molecular flexibility index (Phi) is 5.94. The lowest BCUT2D eigenvalue weighted by molar-refractivity contribution is 0.132. The van der Waals surface area contributed by atoms with E-state index in [1.54, 1.807) is 0 Å². The van der Waals surface area contributed by atoms with Crippen molar-refractivity contribution in [3.8, 4) is 5.75 Å². The summed E-state index contributed by atoms with van der Waals surface area (Å²) < 4.78 is 8.17. The second-order valence-corrected chi connectivity index (χ2v) is 7.20. The average molecular weight is 386 g/mol. The van der Waals surface area contributed by atoms with Gasteiger partial charge in [0, 0.05) is 18.8 Å². The molecule has 29 heavy (non-hydrogen) atoms. The Labute approximate surface area is 171 Å². The summed E-state index contributed by atoms with van der Waals surface area (Å²) in [6.45, 7) is 1.03.